The summed E-state index contributed by atoms with van der Waals surface area (Å²) in [6.45, 7) is 0. The number of rotatable bonds is 9. The Morgan fingerprint density at radius 2 is 1.23 bits per heavy atom. The maximum atomic E-state index is 13.0. The third kappa shape index (κ3) is 7.66. The van der Waals surface area contributed by atoms with E-state index in [-0.39, 0.29) is 16.8 Å². The Labute approximate surface area is 216 Å². The van der Waals surface area contributed by atoms with Crippen LogP contribution >= 0.6 is 0 Å². The van der Waals surface area contributed by atoms with Gasteiger partial charge in [-0.25, -0.2) is 8.78 Å². The van der Waals surface area contributed by atoms with Gasteiger partial charge in [0.1, 0.15) is 0 Å². The van der Waals surface area contributed by atoms with Crippen molar-refractivity contribution in [1.82, 2.24) is 15.0 Å². The molecule has 216 valence electrons. The molecule has 0 saturated carbocycles. The minimum atomic E-state index is -6.11. The summed E-state index contributed by atoms with van der Waals surface area (Å²) in [5.41, 5.74) is -0.240. The number of ether oxygens (including phenoxy) is 2. The van der Waals surface area contributed by atoms with Gasteiger partial charge in [-0.05, 0) is 12.1 Å². The van der Waals surface area contributed by atoms with Crippen LogP contribution in [-0.2, 0) is 0 Å². The molecule has 0 radical (unpaired) electrons. The predicted octanol–water partition coefficient (Wildman–Crippen LogP) is 6.29. The van der Waals surface area contributed by atoms with Crippen LogP contribution in [0.1, 0.15) is 15.9 Å². The summed E-state index contributed by atoms with van der Waals surface area (Å²) in [5.74, 6) is -1.75. The van der Waals surface area contributed by atoms with Gasteiger partial charge in [-0.15, -0.1) is 4.98 Å². The van der Waals surface area contributed by atoms with Gasteiger partial charge in [0, 0.05) is 11.1 Å². The summed E-state index contributed by atoms with van der Waals surface area (Å²) in [6, 6.07) is 8.93. The molecule has 0 saturated heterocycles. The number of carbonyl (C=O) groups is 1. The Hall–Kier alpha value is -4.25. The molecule has 2 aromatic carbocycles. The van der Waals surface area contributed by atoms with Gasteiger partial charge in [-0.1, -0.05) is 42.5 Å². The Balaban J connectivity index is 2.07. The first-order valence-electron chi connectivity index (χ1n) is 10.5. The average molecular weight is 590 g/mol. The zero-order valence-corrected chi connectivity index (χ0v) is 19.2. The van der Waals surface area contributed by atoms with Gasteiger partial charge in [0.2, 0.25) is 5.95 Å². The highest BCUT2D eigenvalue weighted by molar-refractivity contribution is 6.12. The first-order valence-corrected chi connectivity index (χ1v) is 10.5. The zero-order valence-electron chi connectivity index (χ0n) is 19.2. The zero-order chi connectivity index (χ0) is 29.9. The lowest BCUT2D eigenvalue weighted by atomic mass is 10.0. The smallest absolute Gasteiger partial charge is 0.434 e. The van der Waals surface area contributed by atoms with E-state index in [9.17, 15) is 53.1 Å². The molecule has 0 spiro atoms. The monoisotopic (exact) mass is 590 g/mol. The second-order valence-corrected chi connectivity index (χ2v) is 7.59. The summed E-state index contributed by atoms with van der Waals surface area (Å²) < 4.78 is 150. The highest BCUT2D eigenvalue weighted by atomic mass is 19.4. The van der Waals surface area contributed by atoms with Crippen molar-refractivity contribution < 1.29 is 62.6 Å². The highest BCUT2D eigenvalue weighted by Gasteiger charge is 2.59. The maximum absolute atomic E-state index is 13.0. The molecule has 1 heterocycles. The molecular weight excluding hydrogens is 577 g/mol. The molecule has 1 atom stereocenters. The van der Waals surface area contributed by atoms with Crippen LogP contribution in [0.5, 0.6) is 12.0 Å². The molecule has 7 nitrogen and oxygen atoms in total. The average Bonchev–Trinajstić information content (AvgIpc) is 2.84. The number of ketones is 1. The van der Waals surface area contributed by atoms with E-state index in [1.54, 1.807) is 6.07 Å². The molecule has 0 aliphatic carbocycles. The van der Waals surface area contributed by atoms with Crippen LogP contribution in [0.3, 0.4) is 0 Å². The largest absolute Gasteiger partial charge is 0.444 e. The number of carbonyl (C=O) groups excluding carboxylic acids is 1. The lowest BCUT2D eigenvalue weighted by molar-refractivity contribution is -0.301. The molecule has 1 aromatic heterocycles. The maximum Gasteiger partial charge on any atom is 0.434 e. The van der Waals surface area contributed by atoms with E-state index in [0.29, 0.717) is 0 Å². The second-order valence-electron chi connectivity index (χ2n) is 7.59. The topological polar surface area (TPSA) is 86.2 Å². The third-order valence-electron chi connectivity index (χ3n) is 4.65. The van der Waals surface area contributed by atoms with E-state index in [1.165, 1.54) is 48.5 Å². The standard InChI is InChI=1S/C22H13F11N4O3/c23-15(24)14(20(25,26)27)39-18-35-17(36-19(37-18)40-16(21(28,29)30)22(31,32)33)34-12-9-5-4-8-11(12)13(38)10-6-2-1-3-7-10/h1-9,14-16H,(H,34,35,36,37). The molecule has 18 heteroatoms. The van der Waals surface area contributed by atoms with Gasteiger partial charge in [-0.2, -0.15) is 49.5 Å². The quantitative estimate of drug-likeness (QED) is 0.232. The molecule has 0 aliphatic heterocycles. The van der Waals surface area contributed by atoms with Gasteiger partial charge in [-0.3, -0.25) is 4.79 Å². The molecule has 0 bridgehead atoms. The van der Waals surface area contributed by atoms with Crippen LogP contribution in [0.15, 0.2) is 54.6 Å². The number of anilines is 2. The number of hydrogen-bond acceptors (Lipinski definition) is 7. The minimum Gasteiger partial charge on any atom is -0.444 e. The van der Waals surface area contributed by atoms with Gasteiger partial charge in [0.15, 0.2) is 5.78 Å². The number of halogens is 11. The van der Waals surface area contributed by atoms with Crippen LogP contribution in [0.2, 0.25) is 0 Å². The van der Waals surface area contributed by atoms with Crippen molar-refractivity contribution >= 4 is 17.4 Å². The molecule has 0 fully saturated rings. The summed E-state index contributed by atoms with van der Waals surface area (Å²) in [7, 11) is 0. The first kappa shape index (κ1) is 30.3. The van der Waals surface area contributed by atoms with Gasteiger partial charge in [0.05, 0.1) is 5.69 Å². The predicted molar refractivity (Wildman–Crippen MR) is 112 cm³/mol. The summed E-state index contributed by atoms with van der Waals surface area (Å²) >= 11 is 0. The number of aromatic nitrogens is 3. The lowest BCUT2D eigenvalue weighted by Crippen LogP contribution is -2.47. The van der Waals surface area contributed by atoms with E-state index in [2.05, 4.69) is 29.7 Å². The molecule has 3 rings (SSSR count). The van der Waals surface area contributed by atoms with E-state index in [1.807, 2.05) is 0 Å². The van der Waals surface area contributed by atoms with Crippen molar-refractivity contribution in [1.29, 1.82) is 0 Å². The van der Waals surface area contributed by atoms with Crippen molar-refractivity contribution in [2.75, 3.05) is 5.32 Å². The fourth-order valence-corrected chi connectivity index (χ4v) is 2.95. The molecule has 0 aliphatic rings. The molecule has 1 N–H and O–H groups in total. The SMILES string of the molecule is O=C(c1ccccc1)c1ccccc1Nc1nc(OC(C(F)F)C(F)(F)F)nc(OC(C(F)(F)F)C(F)(F)F)n1. The van der Waals surface area contributed by atoms with Crippen molar-refractivity contribution in [2.45, 2.75) is 37.2 Å². The number of para-hydroxylation sites is 1. The fourth-order valence-electron chi connectivity index (χ4n) is 2.95. The Kier molecular flexibility index (Phi) is 8.69. The molecule has 1 unspecified atom stereocenters. The third-order valence-corrected chi connectivity index (χ3v) is 4.65. The van der Waals surface area contributed by atoms with Gasteiger partial charge < -0.3 is 14.8 Å². The minimum absolute atomic E-state index is 0.142. The van der Waals surface area contributed by atoms with E-state index in [4.69, 9.17) is 0 Å². The first-order chi connectivity index (χ1) is 18.5. The number of hydrogen-bond donors (Lipinski definition) is 1. The summed E-state index contributed by atoms with van der Waals surface area (Å²) in [6.07, 6.45) is -30.7. The van der Waals surface area contributed by atoms with Gasteiger partial charge >= 0.3 is 30.5 Å². The normalized spacial score (nSPS) is 13.3. The van der Waals surface area contributed by atoms with Crippen molar-refractivity contribution in [3.63, 3.8) is 0 Å². The molecule has 0 amide bonds. The Morgan fingerprint density at radius 1 is 0.700 bits per heavy atom. The lowest BCUT2D eigenvalue weighted by Gasteiger charge is -2.23. The van der Waals surface area contributed by atoms with Crippen LogP contribution in [-0.4, -0.2) is 57.9 Å². The number of nitrogens with one attached hydrogen (secondary N) is 1. The van der Waals surface area contributed by atoms with Crippen LogP contribution in [0, 0.1) is 0 Å². The highest BCUT2D eigenvalue weighted by Crippen LogP contribution is 2.37. The van der Waals surface area contributed by atoms with Gasteiger partial charge in [0.25, 0.3) is 18.6 Å². The van der Waals surface area contributed by atoms with E-state index in [0.717, 1.165) is 0 Å². The van der Waals surface area contributed by atoms with Crippen LogP contribution in [0.4, 0.5) is 59.9 Å². The Bertz CT molecular complexity index is 1300. The van der Waals surface area contributed by atoms with Crippen molar-refractivity contribution in [3.8, 4) is 12.0 Å². The van der Waals surface area contributed by atoms with Crippen LogP contribution in [0.25, 0.3) is 0 Å². The van der Waals surface area contributed by atoms with Crippen molar-refractivity contribution in [2.24, 2.45) is 0 Å². The molecular formula is C22H13F11N4O3. The molecule has 40 heavy (non-hydrogen) atoms. The summed E-state index contributed by atoms with van der Waals surface area (Å²) in [4.78, 5) is 22.1. The van der Waals surface area contributed by atoms with E-state index >= 15 is 0 Å². The van der Waals surface area contributed by atoms with Crippen molar-refractivity contribution in [3.05, 3.63) is 65.7 Å². The second kappa shape index (κ2) is 11.5. The fraction of sp³-hybridized carbons (Fsp3) is 0.273. The van der Waals surface area contributed by atoms with E-state index < -0.39 is 60.9 Å². The number of alkyl halides is 11. The summed E-state index contributed by atoms with van der Waals surface area (Å²) in [5, 5.41) is 2.22. The number of benzene rings is 2. The molecule has 3 aromatic rings. The number of nitrogens with zero attached hydrogens (tertiary/aromatic N) is 3. The van der Waals surface area contributed by atoms with Crippen LogP contribution < -0.4 is 14.8 Å². The Morgan fingerprint density at radius 3 is 1.75 bits per heavy atom.